The maximum atomic E-state index is 11.7. The number of thiophene rings is 1. The second kappa shape index (κ2) is 5.83. The Morgan fingerprint density at radius 1 is 1.39 bits per heavy atom. The van der Waals surface area contributed by atoms with E-state index >= 15 is 0 Å². The minimum atomic E-state index is -0.230. The molecule has 0 atom stereocenters. The van der Waals surface area contributed by atoms with Crippen LogP contribution in [0.25, 0.3) is 10.1 Å². The second-order valence-electron chi connectivity index (χ2n) is 4.13. The molecule has 0 saturated heterocycles. The summed E-state index contributed by atoms with van der Waals surface area (Å²) < 4.78 is 6.53. The van der Waals surface area contributed by atoms with Crippen molar-refractivity contribution in [2.24, 2.45) is 0 Å². The number of hydrogen-bond donors (Lipinski definition) is 0. The van der Waals surface area contributed by atoms with Gasteiger partial charge in [0.15, 0.2) is 0 Å². The van der Waals surface area contributed by atoms with Crippen LogP contribution in [0.3, 0.4) is 0 Å². The zero-order valence-electron chi connectivity index (χ0n) is 10.6. The van der Waals surface area contributed by atoms with E-state index in [4.69, 9.17) is 4.74 Å². The van der Waals surface area contributed by atoms with E-state index in [9.17, 15) is 4.79 Å². The predicted octanol–water partition coefficient (Wildman–Crippen LogP) is 4.30. The molecule has 2 rings (SSSR count). The third kappa shape index (κ3) is 2.79. The normalized spacial score (nSPS) is 11.8. The molecule has 0 bridgehead atoms. The van der Waals surface area contributed by atoms with Crippen LogP contribution in [-0.4, -0.2) is 5.97 Å². The van der Waals surface area contributed by atoms with Gasteiger partial charge in [-0.1, -0.05) is 31.2 Å². The molecule has 0 aliphatic carbocycles. The lowest BCUT2D eigenvalue weighted by Gasteiger charge is -2.04. The molecule has 1 aromatic heterocycles. The minimum Gasteiger partial charge on any atom is -0.457 e. The van der Waals surface area contributed by atoms with Crippen LogP contribution in [-0.2, 0) is 16.1 Å². The number of fused-ring (bicyclic) bond motifs is 1. The van der Waals surface area contributed by atoms with Gasteiger partial charge in [-0.3, -0.25) is 0 Å². The first-order chi connectivity index (χ1) is 8.72. The molecule has 1 aromatic carbocycles. The van der Waals surface area contributed by atoms with E-state index < -0.39 is 0 Å². The van der Waals surface area contributed by atoms with E-state index in [2.05, 4.69) is 17.5 Å². The van der Waals surface area contributed by atoms with Gasteiger partial charge < -0.3 is 4.74 Å². The van der Waals surface area contributed by atoms with E-state index in [1.54, 1.807) is 18.3 Å². The Hall–Kier alpha value is -1.61. The average Bonchev–Trinajstić information content (AvgIpc) is 2.79. The number of carbonyl (C=O) groups excluding carboxylic acids is 1. The first-order valence-corrected chi connectivity index (χ1v) is 6.89. The summed E-state index contributed by atoms with van der Waals surface area (Å²) in [6.07, 6.45) is 2.73. The van der Waals surface area contributed by atoms with Crippen LogP contribution >= 0.6 is 11.3 Å². The molecular weight excluding hydrogens is 244 g/mol. The van der Waals surface area contributed by atoms with Crippen molar-refractivity contribution in [3.05, 3.63) is 46.9 Å². The quantitative estimate of drug-likeness (QED) is 0.605. The highest BCUT2D eigenvalue weighted by Gasteiger charge is 2.08. The highest BCUT2D eigenvalue weighted by atomic mass is 32.1. The molecule has 0 radical (unpaired) electrons. The van der Waals surface area contributed by atoms with E-state index in [1.807, 2.05) is 25.1 Å². The molecule has 0 aliphatic rings. The van der Waals surface area contributed by atoms with Gasteiger partial charge in [0.1, 0.15) is 6.61 Å². The largest absolute Gasteiger partial charge is 0.457 e. The summed E-state index contributed by atoms with van der Waals surface area (Å²) in [7, 11) is 0. The monoisotopic (exact) mass is 260 g/mol. The Bertz CT molecular complexity index is 581. The Labute approximate surface area is 111 Å². The molecule has 1 heterocycles. The molecule has 0 N–H and O–H groups in total. The van der Waals surface area contributed by atoms with Crippen molar-refractivity contribution in [1.82, 2.24) is 0 Å². The zero-order chi connectivity index (χ0) is 13.0. The van der Waals surface area contributed by atoms with Gasteiger partial charge in [0.05, 0.1) is 0 Å². The summed E-state index contributed by atoms with van der Waals surface area (Å²) in [5.74, 6) is -0.230. The van der Waals surface area contributed by atoms with E-state index in [0.29, 0.717) is 12.2 Å². The van der Waals surface area contributed by atoms with Crippen molar-refractivity contribution in [3.8, 4) is 0 Å². The second-order valence-corrected chi connectivity index (χ2v) is 5.04. The summed E-state index contributed by atoms with van der Waals surface area (Å²) >= 11 is 1.68. The summed E-state index contributed by atoms with van der Waals surface area (Å²) in [6.45, 7) is 4.14. The van der Waals surface area contributed by atoms with Crippen LogP contribution in [0, 0.1) is 0 Å². The van der Waals surface area contributed by atoms with Crippen molar-refractivity contribution in [3.63, 3.8) is 0 Å². The lowest BCUT2D eigenvalue weighted by Crippen LogP contribution is -2.05. The van der Waals surface area contributed by atoms with Crippen LogP contribution < -0.4 is 0 Å². The third-order valence-electron chi connectivity index (χ3n) is 2.75. The van der Waals surface area contributed by atoms with Crippen molar-refractivity contribution < 1.29 is 9.53 Å². The molecule has 0 spiro atoms. The maximum absolute atomic E-state index is 11.7. The predicted molar refractivity (Wildman–Crippen MR) is 75.7 cm³/mol. The van der Waals surface area contributed by atoms with Gasteiger partial charge in [-0.15, -0.1) is 11.3 Å². The highest BCUT2D eigenvalue weighted by Crippen LogP contribution is 2.26. The molecule has 0 unspecified atom stereocenters. The molecule has 0 aliphatic heterocycles. The van der Waals surface area contributed by atoms with Gasteiger partial charge in [0.25, 0.3) is 0 Å². The lowest BCUT2D eigenvalue weighted by atomic mass is 10.2. The fourth-order valence-electron chi connectivity index (χ4n) is 1.79. The topological polar surface area (TPSA) is 26.3 Å². The molecule has 0 amide bonds. The Morgan fingerprint density at radius 2 is 2.17 bits per heavy atom. The van der Waals surface area contributed by atoms with Crippen LogP contribution in [0.5, 0.6) is 0 Å². The first-order valence-electron chi connectivity index (χ1n) is 6.01. The Kier molecular flexibility index (Phi) is 4.15. The minimum absolute atomic E-state index is 0.230. The van der Waals surface area contributed by atoms with Crippen molar-refractivity contribution in [2.75, 3.05) is 0 Å². The van der Waals surface area contributed by atoms with Crippen LogP contribution in [0.2, 0.25) is 0 Å². The van der Waals surface area contributed by atoms with Crippen LogP contribution in [0.1, 0.15) is 25.8 Å². The summed E-state index contributed by atoms with van der Waals surface area (Å²) in [5.41, 5.74) is 1.75. The number of carbonyl (C=O) groups is 1. The number of benzene rings is 1. The van der Waals surface area contributed by atoms with Gasteiger partial charge in [0.2, 0.25) is 0 Å². The fourth-order valence-corrected chi connectivity index (χ4v) is 2.74. The average molecular weight is 260 g/mol. The lowest BCUT2D eigenvalue weighted by molar-refractivity contribution is -0.140. The van der Waals surface area contributed by atoms with Gasteiger partial charge in [0, 0.05) is 15.8 Å². The molecule has 0 fully saturated rings. The maximum Gasteiger partial charge on any atom is 0.333 e. The van der Waals surface area contributed by atoms with E-state index in [0.717, 1.165) is 12.0 Å². The number of hydrogen-bond acceptors (Lipinski definition) is 3. The molecule has 2 nitrogen and oxygen atoms in total. The SMILES string of the molecule is CC/C=C(/C)C(=O)OCc1csc2ccccc12. The summed E-state index contributed by atoms with van der Waals surface area (Å²) in [6, 6.07) is 8.16. The number of rotatable bonds is 4. The molecule has 3 heteroatoms. The number of allylic oxidation sites excluding steroid dienone is 1. The molecule has 2 aromatic rings. The summed E-state index contributed by atoms with van der Waals surface area (Å²) in [5, 5.41) is 3.23. The Balaban J connectivity index is 2.07. The van der Waals surface area contributed by atoms with Crippen molar-refractivity contribution in [1.29, 1.82) is 0 Å². The zero-order valence-corrected chi connectivity index (χ0v) is 11.4. The van der Waals surface area contributed by atoms with Crippen LogP contribution in [0.15, 0.2) is 41.3 Å². The van der Waals surface area contributed by atoms with E-state index in [1.165, 1.54) is 10.1 Å². The fraction of sp³-hybridized carbons (Fsp3) is 0.267. The van der Waals surface area contributed by atoms with Crippen molar-refractivity contribution >= 4 is 27.4 Å². The van der Waals surface area contributed by atoms with Gasteiger partial charge in [-0.05, 0) is 30.2 Å². The third-order valence-corrected chi connectivity index (χ3v) is 3.76. The van der Waals surface area contributed by atoms with Crippen LogP contribution in [0.4, 0.5) is 0 Å². The molecule has 18 heavy (non-hydrogen) atoms. The van der Waals surface area contributed by atoms with E-state index in [-0.39, 0.29) is 5.97 Å². The molecular formula is C15H16O2S. The van der Waals surface area contributed by atoms with Gasteiger partial charge in [-0.2, -0.15) is 0 Å². The number of esters is 1. The molecule has 94 valence electrons. The molecule has 0 saturated carbocycles. The van der Waals surface area contributed by atoms with Gasteiger partial charge >= 0.3 is 5.97 Å². The Morgan fingerprint density at radius 3 is 2.94 bits per heavy atom. The standard InChI is InChI=1S/C15H16O2S/c1-3-6-11(2)15(16)17-9-12-10-18-14-8-5-4-7-13(12)14/h4-8,10H,3,9H2,1-2H3/b11-6-. The smallest absolute Gasteiger partial charge is 0.333 e. The number of ether oxygens (including phenoxy) is 1. The highest BCUT2D eigenvalue weighted by molar-refractivity contribution is 7.17. The first kappa shape index (κ1) is 12.8. The summed E-state index contributed by atoms with van der Waals surface area (Å²) in [4.78, 5) is 11.7. The van der Waals surface area contributed by atoms with Gasteiger partial charge in [-0.25, -0.2) is 4.79 Å². The van der Waals surface area contributed by atoms with Crippen molar-refractivity contribution in [2.45, 2.75) is 26.9 Å².